The fraction of sp³-hybridized carbons (Fsp3) is 0.500. The molecule has 0 saturated heterocycles. The third-order valence-corrected chi connectivity index (χ3v) is 4.41. The predicted molar refractivity (Wildman–Crippen MR) is 73.0 cm³/mol. The molecule has 0 spiro atoms. The van der Waals surface area contributed by atoms with Gasteiger partial charge in [-0.25, -0.2) is 0 Å². The summed E-state index contributed by atoms with van der Waals surface area (Å²) in [5.41, 5.74) is 2.29. The Balaban J connectivity index is 2.70. The molecule has 0 N–H and O–H groups in total. The number of carbonyl (C=O) groups is 1. The number of hydrogen-bond donors (Lipinski definition) is 0. The molecule has 0 aliphatic carbocycles. The van der Waals surface area contributed by atoms with Gasteiger partial charge in [-0.05, 0) is 44.0 Å². The lowest BCUT2D eigenvalue weighted by molar-refractivity contribution is -0.146. The maximum Gasteiger partial charge on any atom is 0.309 e. The molecule has 0 heterocycles. The SMILES string of the molecule is CCOC(=O)C(C)CS(=O)c1ccc(C)c(C)c1. The van der Waals surface area contributed by atoms with Gasteiger partial charge in [0.2, 0.25) is 0 Å². The topological polar surface area (TPSA) is 43.4 Å². The van der Waals surface area contributed by atoms with Gasteiger partial charge in [0.05, 0.1) is 23.3 Å². The fourth-order valence-corrected chi connectivity index (χ4v) is 2.84. The number of ether oxygens (including phenoxy) is 1. The highest BCUT2D eigenvalue weighted by Gasteiger charge is 2.18. The number of benzene rings is 1. The largest absolute Gasteiger partial charge is 0.466 e. The van der Waals surface area contributed by atoms with E-state index in [4.69, 9.17) is 4.74 Å². The van der Waals surface area contributed by atoms with Crippen molar-refractivity contribution in [2.75, 3.05) is 12.4 Å². The Bertz CT molecular complexity index is 454. The van der Waals surface area contributed by atoms with Crippen LogP contribution in [-0.4, -0.2) is 22.5 Å². The van der Waals surface area contributed by atoms with E-state index >= 15 is 0 Å². The maximum absolute atomic E-state index is 12.1. The van der Waals surface area contributed by atoms with Crippen molar-refractivity contribution in [3.8, 4) is 0 Å². The van der Waals surface area contributed by atoms with Gasteiger partial charge in [-0.2, -0.15) is 0 Å². The van der Waals surface area contributed by atoms with E-state index in [1.807, 2.05) is 32.0 Å². The van der Waals surface area contributed by atoms with Gasteiger partial charge >= 0.3 is 5.97 Å². The fourth-order valence-electron chi connectivity index (χ4n) is 1.53. The first-order valence-corrected chi connectivity index (χ1v) is 7.39. The highest BCUT2D eigenvalue weighted by Crippen LogP contribution is 2.15. The third kappa shape index (κ3) is 3.95. The van der Waals surface area contributed by atoms with Gasteiger partial charge < -0.3 is 4.74 Å². The molecule has 1 aromatic carbocycles. The first kappa shape index (κ1) is 14.9. The van der Waals surface area contributed by atoms with Crippen LogP contribution in [-0.2, 0) is 20.3 Å². The highest BCUT2D eigenvalue weighted by atomic mass is 32.2. The molecule has 18 heavy (non-hydrogen) atoms. The summed E-state index contributed by atoms with van der Waals surface area (Å²) in [5.74, 6) is -0.316. The first-order chi connectivity index (χ1) is 8.45. The summed E-state index contributed by atoms with van der Waals surface area (Å²) in [6.45, 7) is 7.88. The van der Waals surface area contributed by atoms with Crippen LogP contribution in [0.2, 0.25) is 0 Å². The van der Waals surface area contributed by atoms with Gasteiger partial charge in [0.25, 0.3) is 0 Å². The number of carbonyl (C=O) groups excluding carboxylic acids is 1. The summed E-state index contributed by atoms with van der Waals surface area (Å²) in [6.07, 6.45) is 0. The van der Waals surface area contributed by atoms with Gasteiger partial charge in [0, 0.05) is 10.6 Å². The molecule has 2 unspecified atom stereocenters. The summed E-state index contributed by atoms with van der Waals surface area (Å²) in [5, 5.41) is 0. The molecule has 0 radical (unpaired) electrons. The van der Waals surface area contributed by atoms with Crippen LogP contribution < -0.4 is 0 Å². The second kappa shape index (κ2) is 6.69. The summed E-state index contributed by atoms with van der Waals surface area (Å²) in [7, 11) is -1.16. The smallest absolute Gasteiger partial charge is 0.309 e. The number of aryl methyl sites for hydroxylation is 2. The van der Waals surface area contributed by atoms with E-state index in [2.05, 4.69) is 0 Å². The summed E-state index contributed by atoms with van der Waals surface area (Å²) < 4.78 is 17.0. The second-order valence-corrected chi connectivity index (χ2v) is 5.91. The van der Waals surface area contributed by atoms with E-state index in [0.717, 1.165) is 10.5 Å². The van der Waals surface area contributed by atoms with Crippen molar-refractivity contribution in [3.63, 3.8) is 0 Å². The predicted octanol–water partition coefficient (Wildman–Crippen LogP) is 2.61. The van der Waals surface area contributed by atoms with E-state index in [1.165, 1.54) is 5.56 Å². The molecule has 0 aliphatic rings. The van der Waals surface area contributed by atoms with Gasteiger partial charge in [0.15, 0.2) is 0 Å². The van der Waals surface area contributed by atoms with Crippen molar-refractivity contribution >= 4 is 16.8 Å². The lowest BCUT2D eigenvalue weighted by Crippen LogP contribution is -2.20. The van der Waals surface area contributed by atoms with Gasteiger partial charge in [-0.3, -0.25) is 9.00 Å². The summed E-state index contributed by atoms with van der Waals surface area (Å²) in [4.78, 5) is 12.2. The van der Waals surface area contributed by atoms with Crippen LogP contribution in [0.1, 0.15) is 25.0 Å². The van der Waals surface area contributed by atoms with Crippen molar-refractivity contribution < 1.29 is 13.7 Å². The van der Waals surface area contributed by atoms with E-state index in [9.17, 15) is 9.00 Å². The zero-order chi connectivity index (χ0) is 13.7. The lowest BCUT2D eigenvalue weighted by atomic mass is 10.1. The molecule has 0 fully saturated rings. The minimum atomic E-state index is -1.16. The Labute approximate surface area is 111 Å². The van der Waals surface area contributed by atoms with Crippen molar-refractivity contribution in [2.45, 2.75) is 32.6 Å². The molecule has 0 aliphatic heterocycles. The van der Waals surface area contributed by atoms with Crippen LogP contribution in [0.3, 0.4) is 0 Å². The molecule has 0 bridgehead atoms. The van der Waals surface area contributed by atoms with Crippen LogP contribution in [0.4, 0.5) is 0 Å². The Hall–Kier alpha value is -1.16. The molecule has 0 amide bonds. The second-order valence-electron chi connectivity index (χ2n) is 4.41. The van der Waals surface area contributed by atoms with E-state index in [-0.39, 0.29) is 11.9 Å². The van der Waals surface area contributed by atoms with E-state index in [0.29, 0.717) is 12.4 Å². The minimum absolute atomic E-state index is 0.283. The van der Waals surface area contributed by atoms with E-state index in [1.54, 1.807) is 13.8 Å². The van der Waals surface area contributed by atoms with Crippen LogP contribution in [0.15, 0.2) is 23.1 Å². The van der Waals surface area contributed by atoms with Crippen molar-refractivity contribution in [2.24, 2.45) is 5.92 Å². The quantitative estimate of drug-likeness (QED) is 0.771. The molecule has 0 aromatic heterocycles. The number of hydrogen-bond acceptors (Lipinski definition) is 3. The Morgan fingerprint density at radius 2 is 2.00 bits per heavy atom. The third-order valence-electron chi connectivity index (χ3n) is 2.83. The van der Waals surface area contributed by atoms with E-state index < -0.39 is 10.8 Å². The van der Waals surface area contributed by atoms with Crippen molar-refractivity contribution in [3.05, 3.63) is 29.3 Å². The average Bonchev–Trinajstić information content (AvgIpc) is 2.32. The number of rotatable bonds is 5. The Morgan fingerprint density at radius 3 is 2.56 bits per heavy atom. The minimum Gasteiger partial charge on any atom is -0.466 e. The normalized spacial score (nSPS) is 14.0. The molecule has 100 valence electrons. The molecule has 2 atom stereocenters. The summed E-state index contributed by atoms with van der Waals surface area (Å²) >= 11 is 0. The zero-order valence-electron chi connectivity index (χ0n) is 11.4. The highest BCUT2D eigenvalue weighted by molar-refractivity contribution is 7.85. The standard InChI is InChI=1S/C14H20O3S/c1-5-17-14(15)12(4)9-18(16)13-7-6-10(2)11(3)8-13/h6-8,12H,5,9H2,1-4H3. The maximum atomic E-state index is 12.1. The van der Waals surface area contributed by atoms with Crippen LogP contribution >= 0.6 is 0 Å². The molecular weight excluding hydrogens is 248 g/mol. The molecule has 1 rings (SSSR count). The molecule has 4 heteroatoms. The first-order valence-electron chi connectivity index (χ1n) is 6.08. The molecule has 0 saturated carbocycles. The average molecular weight is 268 g/mol. The zero-order valence-corrected chi connectivity index (χ0v) is 12.2. The van der Waals surface area contributed by atoms with Crippen molar-refractivity contribution in [1.82, 2.24) is 0 Å². The van der Waals surface area contributed by atoms with Crippen LogP contribution in [0.25, 0.3) is 0 Å². The Kier molecular flexibility index (Phi) is 5.54. The number of esters is 1. The van der Waals surface area contributed by atoms with Crippen LogP contribution in [0.5, 0.6) is 0 Å². The molecule has 3 nitrogen and oxygen atoms in total. The molecular formula is C14H20O3S. The molecule has 1 aromatic rings. The van der Waals surface area contributed by atoms with Gasteiger partial charge in [0.1, 0.15) is 0 Å². The lowest BCUT2D eigenvalue weighted by Gasteiger charge is -2.11. The van der Waals surface area contributed by atoms with Gasteiger partial charge in [-0.1, -0.05) is 13.0 Å². The Morgan fingerprint density at radius 1 is 1.33 bits per heavy atom. The summed E-state index contributed by atoms with van der Waals surface area (Å²) in [6, 6.07) is 5.73. The van der Waals surface area contributed by atoms with Crippen LogP contribution in [0, 0.1) is 19.8 Å². The van der Waals surface area contributed by atoms with Gasteiger partial charge in [-0.15, -0.1) is 0 Å². The van der Waals surface area contributed by atoms with Crippen molar-refractivity contribution in [1.29, 1.82) is 0 Å². The monoisotopic (exact) mass is 268 g/mol.